The van der Waals surface area contributed by atoms with Crippen LogP contribution in [0.4, 0.5) is 0 Å². The van der Waals surface area contributed by atoms with E-state index in [0.29, 0.717) is 30.3 Å². The molecule has 0 bridgehead atoms. The Morgan fingerprint density at radius 2 is 2.30 bits per heavy atom. The van der Waals surface area contributed by atoms with Crippen molar-refractivity contribution in [1.29, 1.82) is 0 Å². The summed E-state index contributed by atoms with van der Waals surface area (Å²) in [5.41, 5.74) is 6.25. The molecule has 1 heterocycles. The predicted octanol–water partition coefficient (Wildman–Crippen LogP) is 1.60. The van der Waals surface area contributed by atoms with Crippen molar-refractivity contribution in [3.05, 3.63) is 23.8 Å². The van der Waals surface area contributed by atoms with E-state index >= 15 is 0 Å². The Morgan fingerprint density at radius 3 is 2.90 bits per heavy atom. The van der Waals surface area contributed by atoms with Crippen LogP contribution in [-0.4, -0.2) is 42.2 Å². The van der Waals surface area contributed by atoms with E-state index in [9.17, 15) is 9.90 Å². The lowest BCUT2D eigenvalue weighted by molar-refractivity contribution is 0.0573. The molecule has 1 aromatic rings. The molecule has 0 spiro atoms. The van der Waals surface area contributed by atoms with Crippen LogP contribution in [0, 0.1) is 5.92 Å². The number of rotatable bonds is 3. The quantitative estimate of drug-likeness (QED) is 0.880. The van der Waals surface area contributed by atoms with Crippen LogP contribution in [0.2, 0.25) is 0 Å². The summed E-state index contributed by atoms with van der Waals surface area (Å²) in [6, 6.07) is 4.81. The summed E-state index contributed by atoms with van der Waals surface area (Å²) in [6.45, 7) is 3.37. The fourth-order valence-electron chi connectivity index (χ4n) is 2.73. The van der Waals surface area contributed by atoms with Crippen molar-refractivity contribution in [3.63, 3.8) is 0 Å². The van der Waals surface area contributed by atoms with Gasteiger partial charge in [0.25, 0.3) is 5.91 Å². The maximum atomic E-state index is 12.5. The summed E-state index contributed by atoms with van der Waals surface area (Å²) in [6.07, 6.45) is 1.93. The molecule has 1 amide bonds. The van der Waals surface area contributed by atoms with E-state index < -0.39 is 0 Å². The van der Waals surface area contributed by atoms with Crippen LogP contribution in [0.3, 0.4) is 0 Å². The monoisotopic (exact) mass is 278 g/mol. The molecule has 2 unspecified atom stereocenters. The molecule has 0 saturated carbocycles. The lowest BCUT2D eigenvalue weighted by Gasteiger charge is -2.38. The number of hydrogen-bond acceptors (Lipinski definition) is 4. The van der Waals surface area contributed by atoms with E-state index in [-0.39, 0.29) is 17.7 Å². The van der Waals surface area contributed by atoms with Crippen LogP contribution in [0.25, 0.3) is 0 Å². The van der Waals surface area contributed by atoms with Crippen LogP contribution in [0.5, 0.6) is 11.5 Å². The topological polar surface area (TPSA) is 75.8 Å². The van der Waals surface area contributed by atoms with Crippen molar-refractivity contribution in [2.24, 2.45) is 11.7 Å². The van der Waals surface area contributed by atoms with Gasteiger partial charge in [0, 0.05) is 24.7 Å². The fourth-order valence-corrected chi connectivity index (χ4v) is 2.73. The number of nitrogens with two attached hydrogens (primary N) is 1. The number of likely N-dealkylation sites (tertiary alicyclic amines) is 1. The van der Waals surface area contributed by atoms with Gasteiger partial charge in [-0.15, -0.1) is 0 Å². The summed E-state index contributed by atoms with van der Waals surface area (Å²) in [7, 11) is 1.48. The number of amides is 1. The van der Waals surface area contributed by atoms with Gasteiger partial charge in [0.15, 0.2) is 11.5 Å². The average Bonchev–Trinajstić information content (AvgIpc) is 2.46. The highest BCUT2D eigenvalue weighted by atomic mass is 16.5. The molecular formula is C15H22N2O3. The van der Waals surface area contributed by atoms with Crippen molar-refractivity contribution in [3.8, 4) is 11.5 Å². The van der Waals surface area contributed by atoms with Crippen molar-refractivity contribution >= 4 is 5.91 Å². The molecule has 0 radical (unpaired) electrons. The van der Waals surface area contributed by atoms with Gasteiger partial charge in [-0.25, -0.2) is 0 Å². The minimum Gasteiger partial charge on any atom is -0.504 e. The van der Waals surface area contributed by atoms with E-state index in [2.05, 4.69) is 6.92 Å². The zero-order valence-corrected chi connectivity index (χ0v) is 12.0. The number of benzene rings is 1. The number of phenolic OH excluding ortho intramolecular Hbond substituents is 1. The Labute approximate surface area is 119 Å². The van der Waals surface area contributed by atoms with Crippen molar-refractivity contribution < 1.29 is 14.6 Å². The second-order valence-corrected chi connectivity index (χ2v) is 5.40. The zero-order valence-electron chi connectivity index (χ0n) is 12.0. The summed E-state index contributed by atoms with van der Waals surface area (Å²) >= 11 is 0. The average molecular weight is 278 g/mol. The summed E-state index contributed by atoms with van der Waals surface area (Å²) in [4.78, 5) is 14.4. The Bertz CT molecular complexity index is 490. The first kappa shape index (κ1) is 14.7. The maximum Gasteiger partial charge on any atom is 0.254 e. The first-order valence-corrected chi connectivity index (χ1v) is 6.94. The van der Waals surface area contributed by atoms with E-state index in [0.717, 1.165) is 12.8 Å². The number of carbonyl (C=O) groups is 1. The highest BCUT2D eigenvalue weighted by Crippen LogP contribution is 2.29. The van der Waals surface area contributed by atoms with Crippen LogP contribution in [-0.2, 0) is 0 Å². The summed E-state index contributed by atoms with van der Waals surface area (Å²) in [5, 5.41) is 9.78. The summed E-state index contributed by atoms with van der Waals surface area (Å²) < 4.78 is 4.99. The zero-order chi connectivity index (χ0) is 14.7. The Balaban J connectivity index is 2.19. The molecule has 1 aromatic carbocycles. The number of hydrogen-bond donors (Lipinski definition) is 2. The van der Waals surface area contributed by atoms with E-state index in [1.54, 1.807) is 12.1 Å². The Kier molecular flexibility index (Phi) is 4.49. The van der Waals surface area contributed by atoms with Crippen LogP contribution in [0.15, 0.2) is 18.2 Å². The Hall–Kier alpha value is -1.75. The third kappa shape index (κ3) is 2.88. The summed E-state index contributed by atoms with van der Waals surface area (Å²) in [5.74, 6) is 0.861. The van der Waals surface area contributed by atoms with Gasteiger partial charge in [-0.2, -0.15) is 0 Å². The van der Waals surface area contributed by atoms with Gasteiger partial charge in [-0.3, -0.25) is 4.79 Å². The molecular weight excluding hydrogens is 256 g/mol. The number of aromatic hydroxyl groups is 1. The van der Waals surface area contributed by atoms with Crippen LogP contribution >= 0.6 is 0 Å². The third-order valence-corrected chi connectivity index (χ3v) is 3.94. The minimum absolute atomic E-state index is 0.0203. The molecule has 2 rings (SSSR count). The molecule has 110 valence electrons. The van der Waals surface area contributed by atoms with Crippen molar-refractivity contribution in [2.45, 2.75) is 25.8 Å². The van der Waals surface area contributed by atoms with Gasteiger partial charge in [-0.1, -0.05) is 6.92 Å². The second kappa shape index (κ2) is 6.13. The van der Waals surface area contributed by atoms with Gasteiger partial charge >= 0.3 is 0 Å². The van der Waals surface area contributed by atoms with Gasteiger partial charge < -0.3 is 20.5 Å². The molecule has 0 aromatic heterocycles. The van der Waals surface area contributed by atoms with Crippen molar-refractivity contribution in [2.75, 3.05) is 20.2 Å². The second-order valence-electron chi connectivity index (χ2n) is 5.40. The predicted molar refractivity (Wildman–Crippen MR) is 76.9 cm³/mol. The molecule has 5 heteroatoms. The first-order chi connectivity index (χ1) is 9.56. The van der Waals surface area contributed by atoms with Gasteiger partial charge in [0.2, 0.25) is 0 Å². The number of phenols is 1. The first-order valence-electron chi connectivity index (χ1n) is 6.94. The molecule has 1 aliphatic heterocycles. The fraction of sp³-hybridized carbons (Fsp3) is 0.533. The van der Waals surface area contributed by atoms with E-state index in [4.69, 9.17) is 10.5 Å². The number of ether oxygens (including phenoxy) is 1. The molecule has 0 aliphatic carbocycles. The molecule has 2 atom stereocenters. The minimum atomic E-state index is -0.0784. The van der Waals surface area contributed by atoms with Crippen LogP contribution in [0.1, 0.15) is 30.1 Å². The normalized spacial score (nSPS) is 22.6. The largest absolute Gasteiger partial charge is 0.504 e. The standard InChI is InChI=1S/C15H22N2O3/c1-10-5-6-17(12(7-10)9-16)15(19)11-3-4-14(20-2)13(18)8-11/h3-4,8,10,12,18H,5-7,9,16H2,1-2H3. The van der Waals surface area contributed by atoms with E-state index in [1.165, 1.54) is 13.2 Å². The Morgan fingerprint density at radius 1 is 1.55 bits per heavy atom. The highest BCUT2D eigenvalue weighted by molar-refractivity contribution is 5.95. The van der Waals surface area contributed by atoms with Crippen molar-refractivity contribution in [1.82, 2.24) is 4.90 Å². The molecule has 1 aliphatic rings. The molecule has 3 N–H and O–H groups in total. The number of nitrogens with zero attached hydrogens (tertiary/aromatic N) is 1. The molecule has 1 saturated heterocycles. The molecule has 5 nitrogen and oxygen atoms in total. The van der Waals surface area contributed by atoms with Gasteiger partial charge in [-0.05, 0) is 37.0 Å². The highest BCUT2D eigenvalue weighted by Gasteiger charge is 2.29. The SMILES string of the molecule is COc1ccc(C(=O)N2CCC(C)CC2CN)cc1O. The smallest absolute Gasteiger partial charge is 0.254 e. The lowest BCUT2D eigenvalue weighted by atomic mass is 9.92. The molecule has 20 heavy (non-hydrogen) atoms. The lowest BCUT2D eigenvalue weighted by Crippen LogP contribution is -2.49. The van der Waals surface area contributed by atoms with Crippen LogP contribution < -0.4 is 10.5 Å². The number of piperidine rings is 1. The third-order valence-electron chi connectivity index (χ3n) is 3.94. The van der Waals surface area contributed by atoms with Gasteiger partial charge in [0.05, 0.1) is 7.11 Å². The number of carbonyl (C=O) groups excluding carboxylic acids is 1. The number of methoxy groups -OCH3 is 1. The van der Waals surface area contributed by atoms with Gasteiger partial charge in [0.1, 0.15) is 0 Å². The molecule has 1 fully saturated rings. The van der Waals surface area contributed by atoms with E-state index in [1.807, 2.05) is 4.90 Å². The maximum absolute atomic E-state index is 12.5.